The van der Waals surface area contributed by atoms with Crippen LogP contribution in [0.15, 0.2) is 42.6 Å². The third-order valence-corrected chi connectivity index (χ3v) is 6.30. The predicted molar refractivity (Wildman–Crippen MR) is 130 cm³/mol. The summed E-state index contributed by atoms with van der Waals surface area (Å²) >= 11 is 0. The Kier molecular flexibility index (Phi) is 6.95. The van der Waals surface area contributed by atoms with E-state index in [-0.39, 0.29) is 11.5 Å². The van der Waals surface area contributed by atoms with Crippen molar-refractivity contribution in [2.24, 2.45) is 0 Å². The van der Waals surface area contributed by atoms with Crippen molar-refractivity contribution in [3.05, 3.63) is 42.6 Å². The van der Waals surface area contributed by atoms with Gasteiger partial charge in [-0.25, -0.2) is 9.48 Å². The zero-order valence-corrected chi connectivity index (χ0v) is 20.5. The molecule has 2 aliphatic rings. The second-order valence-corrected chi connectivity index (χ2v) is 10.1. The number of rotatable bonds is 5. The maximum Gasteiger partial charge on any atom is 0.413 e. The average molecular weight is 470 g/mol. The van der Waals surface area contributed by atoms with Crippen molar-refractivity contribution in [3.8, 4) is 0 Å². The molecule has 1 N–H and O–H groups in total. The molecule has 0 saturated carbocycles. The molecule has 0 bridgehead atoms. The fraction of sp³-hybridized carbons (Fsp3) is 0.560. The molecule has 2 amide bonds. The van der Waals surface area contributed by atoms with Gasteiger partial charge in [0.1, 0.15) is 17.5 Å². The molecule has 3 heterocycles. The maximum atomic E-state index is 12.8. The monoisotopic (exact) mass is 469 g/mol. The topological polar surface area (TPSA) is 88.9 Å². The smallest absolute Gasteiger partial charge is 0.413 e. The summed E-state index contributed by atoms with van der Waals surface area (Å²) in [4.78, 5) is 29.1. The van der Waals surface area contributed by atoms with Crippen LogP contribution in [0.2, 0.25) is 0 Å². The van der Waals surface area contributed by atoms with Crippen LogP contribution in [0.25, 0.3) is 0 Å². The highest BCUT2D eigenvalue weighted by Gasteiger charge is 2.45. The summed E-state index contributed by atoms with van der Waals surface area (Å²) < 4.78 is 13.4. The number of hydrogen-bond donors (Lipinski definition) is 1. The van der Waals surface area contributed by atoms with E-state index in [9.17, 15) is 9.59 Å². The number of amides is 2. The fourth-order valence-corrected chi connectivity index (χ4v) is 4.60. The van der Waals surface area contributed by atoms with E-state index in [2.05, 4.69) is 15.3 Å². The van der Waals surface area contributed by atoms with Crippen LogP contribution in [0.5, 0.6) is 0 Å². The summed E-state index contributed by atoms with van der Waals surface area (Å²) in [6, 6.07) is 11.6. The molecule has 9 heteroatoms. The molecule has 2 aliphatic heterocycles. The number of nitrogens with one attached hydrogen (secondary N) is 1. The minimum absolute atomic E-state index is 0.0166. The lowest BCUT2D eigenvalue weighted by Gasteiger charge is -2.49. The quantitative estimate of drug-likeness (QED) is 0.721. The van der Waals surface area contributed by atoms with Crippen molar-refractivity contribution in [1.82, 2.24) is 14.7 Å². The molecule has 1 unspecified atom stereocenters. The summed E-state index contributed by atoms with van der Waals surface area (Å²) in [5.74, 6) is 0.632. The molecule has 184 valence electrons. The number of carbonyl (C=O) groups excluding carboxylic acids is 2. The summed E-state index contributed by atoms with van der Waals surface area (Å²) in [7, 11) is 0. The molecule has 0 aliphatic carbocycles. The number of ether oxygens (including phenoxy) is 2. The number of nitrogens with zero attached hydrogens (tertiary/aromatic N) is 4. The molecule has 1 aromatic heterocycles. The number of carbonyl (C=O) groups is 2. The summed E-state index contributed by atoms with van der Waals surface area (Å²) in [5, 5.41) is 7.12. The molecule has 9 nitrogen and oxygen atoms in total. The first-order chi connectivity index (χ1) is 16.1. The van der Waals surface area contributed by atoms with Crippen molar-refractivity contribution < 1.29 is 19.1 Å². The maximum absolute atomic E-state index is 12.8. The van der Waals surface area contributed by atoms with Crippen molar-refractivity contribution in [3.63, 3.8) is 0 Å². The first-order valence-corrected chi connectivity index (χ1v) is 11.9. The van der Waals surface area contributed by atoms with Gasteiger partial charge in [-0.2, -0.15) is 5.10 Å². The molecule has 1 spiro atoms. The number of para-hydroxylation sites is 1. The number of benzene rings is 1. The summed E-state index contributed by atoms with van der Waals surface area (Å²) in [6.07, 6.45) is 2.44. The molecule has 34 heavy (non-hydrogen) atoms. The number of anilines is 2. The zero-order valence-electron chi connectivity index (χ0n) is 20.5. The summed E-state index contributed by atoms with van der Waals surface area (Å²) in [6.45, 7) is 11.1. The van der Waals surface area contributed by atoms with Gasteiger partial charge in [-0.15, -0.1) is 0 Å². The molecule has 4 rings (SSSR count). The first kappa shape index (κ1) is 24.2. The number of piperidine rings is 1. The molecular weight excluding hydrogens is 434 g/mol. The van der Waals surface area contributed by atoms with Crippen molar-refractivity contribution in [2.75, 3.05) is 36.4 Å². The minimum atomic E-state index is -0.557. The second kappa shape index (κ2) is 9.76. The average Bonchev–Trinajstić information content (AvgIpc) is 3.22. The van der Waals surface area contributed by atoms with Crippen LogP contribution in [-0.2, 0) is 20.8 Å². The lowest BCUT2D eigenvalue weighted by atomic mass is 9.88. The molecule has 0 radical (unpaired) electrons. The number of aromatic nitrogens is 2. The first-order valence-electron chi connectivity index (χ1n) is 11.9. The van der Waals surface area contributed by atoms with Gasteiger partial charge in [-0.3, -0.25) is 10.1 Å². The molecule has 1 aromatic carbocycles. The van der Waals surface area contributed by atoms with E-state index in [0.29, 0.717) is 18.9 Å². The summed E-state index contributed by atoms with van der Waals surface area (Å²) in [5.41, 5.74) is 0.0422. The van der Waals surface area contributed by atoms with Crippen molar-refractivity contribution in [2.45, 2.75) is 64.4 Å². The number of morpholine rings is 1. The Morgan fingerprint density at radius 1 is 1.18 bits per heavy atom. The van der Waals surface area contributed by atoms with Crippen LogP contribution in [0.1, 0.15) is 40.5 Å². The van der Waals surface area contributed by atoms with E-state index in [4.69, 9.17) is 9.47 Å². The van der Waals surface area contributed by atoms with Gasteiger partial charge in [0.2, 0.25) is 0 Å². The van der Waals surface area contributed by atoms with Crippen LogP contribution in [0.4, 0.5) is 16.3 Å². The van der Waals surface area contributed by atoms with Crippen LogP contribution in [-0.4, -0.2) is 70.2 Å². The van der Waals surface area contributed by atoms with Crippen LogP contribution in [0.3, 0.4) is 0 Å². The standard InChI is InChI=1S/C25H35N5O4/c1-19-22(31)29(20-8-6-5-7-9-20)18-25(33-19)11-14-28(15-12-25)16-17-30-21(10-13-26-30)27-23(32)34-24(2,3)4/h5-10,13,19H,11-12,14-18H2,1-4H3,(H,27,32). The van der Waals surface area contributed by atoms with Gasteiger partial charge in [-0.1, -0.05) is 18.2 Å². The van der Waals surface area contributed by atoms with Gasteiger partial charge in [0.25, 0.3) is 5.91 Å². The molecule has 2 aromatic rings. The Hall–Kier alpha value is -2.91. The fourth-order valence-electron chi connectivity index (χ4n) is 4.60. The Labute approximate surface area is 201 Å². The Bertz CT molecular complexity index is 992. The SMILES string of the molecule is CC1OC2(CCN(CCn3nccc3NC(=O)OC(C)(C)C)CC2)CN(c2ccccc2)C1=O. The van der Waals surface area contributed by atoms with E-state index in [1.807, 2.05) is 62.9 Å². The largest absolute Gasteiger partial charge is 0.444 e. The molecule has 2 fully saturated rings. The van der Waals surface area contributed by atoms with Gasteiger partial charge in [0.15, 0.2) is 0 Å². The van der Waals surface area contributed by atoms with Gasteiger partial charge >= 0.3 is 6.09 Å². The van der Waals surface area contributed by atoms with Gasteiger partial charge in [0.05, 0.1) is 24.9 Å². The van der Waals surface area contributed by atoms with E-state index >= 15 is 0 Å². The van der Waals surface area contributed by atoms with E-state index in [1.165, 1.54) is 0 Å². The predicted octanol–water partition coefficient (Wildman–Crippen LogP) is 3.52. The Balaban J connectivity index is 1.31. The van der Waals surface area contributed by atoms with Crippen LogP contribution in [0, 0.1) is 0 Å². The van der Waals surface area contributed by atoms with E-state index in [1.54, 1.807) is 16.9 Å². The van der Waals surface area contributed by atoms with Gasteiger partial charge in [-0.05, 0) is 52.7 Å². The highest BCUT2D eigenvalue weighted by molar-refractivity contribution is 5.97. The number of likely N-dealkylation sites (tertiary alicyclic amines) is 1. The van der Waals surface area contributed by atoms with E-state index < -0.39 is 17.8 Å². The second-order valence-electron chi connectivity index (χ2n) is 10.1. The Morgan fingerprint density at radius 3 is 2.56 bits per heavy atom. The van der Waals surface area contributed by atoms with Gasteiger partial charge < -0.3 is 19.3 Å². The van der Waals surface area contributed by atoms with Gasteiger partial charge in [0, 0.05) is 31.4 Å². The highest BCUT2D eigenvalue weighted by Crippen LogP contribution is 2.35. The molecule has 1 atom stereocenters. The lowest BCUT2D eigenvalue weighted by molar-refractivity contribution is -0.161. The molecular formula is C25H35N5O4. The Morgan fingerprint density at radius 2 is 1.88 bits per heavy atom. The zero-order chi connectivity index (χ0) is 24.3. The van der Waals surface area contributed by atoms with Crippen LogP contribution >= 0.6 is 0 Å². The molecule has 2 saturated heterocycles. The normalized spacial score (nSPS) is 21.0. The van der Waals surface area contributed by atoms with Crippen LogP contribution < -0.4 is 10.2 Å². The minimum Gasteiger partial charge on any atom is -0.444 e. The number of hydrogen-bond acceptors (Lipinski definition) is 6. The van der Waals surface area contributed by atoms with Crippen molar-refractivity contribution >= 4 is 23.5 Å². The van der Waals surface area contributed by atoms with E-state index in [0.717, 1.165) is 38.2 Å². The lowest BCUT2D eigenvalue weighted by Crippen LogP contribution is -2.61. The van der Waals surface area contributed by atoms with Crippen molar-refractivity contribution in [1.29, 1.82) is 0 Å². The third-order valence-electron chi connectivity index (χ3n) is 6.30. The highest BCUT2D eigenvalue weighted by atomic mass is 16.6. The third kappa shape index (κ3) is 5.77.